The number of ether oxygens (including phenoxy) is 2. The molecule has 0 fully saturated rings. The molecule has 0 aromatic heterocycles. The third-order valence-corrected chi connectivity index (χ3v) is 3.92. The van der Waals surface area contributed by atoms with Crippen LogP contribution in [0.4, 0.5) is 13.2 Å². The number of benzene rings is 2. The second kappa shape index (κ2) is 8.62. The summed E-state index contributed by atoms with van der Waals surface area (Å²) in [5.74, 6) is 0.822. The van der Waals surface area contributed by atoms with Crippen molar-refractivity contribution >= 4 is 12.0 Å². The quantitative estimate of drug-likeness (QED) is 0.699. The zero-order chi connectivity index (χ0) is 20.0. The summed E-state index contributed by atoms with van der Waals surface area (Å²) in [4.78, 5) is 13.8. The molecule has 0 radical (unpaired) electrons. The van der Waals surface area contributed by atoms with Gasteiger partial charge in [0.05, 0.1) is 19.8 Å². The van der Waals surface area contributed by atoms with Crippen LogP contribution in [0.25, 0.3) is 6.08 Å². The van der Waals surface area contributed by atoms with Gasteiger partial charge >= 0.3 is 6.18 Å². The van der Waals surface area contributed by atoms with E-state index in [2.05, 4.69) is 0 Å². The molecule has 0 N–H and O–H groups in total. The highest BCUT2D eigenvalue weighted by Gasteiger charge is 2.29. The van der Waals surface area contributed by atoms with Crippen molar-refractivity contribution in [1.29, 1.82) is 0 Å². The van der Waals surface area contributed by atoms with Crippen LogP contribution >= 0.6 is 0 Å². The fourth-order valence-electron chi connectivity index (χ4n) is 2.49. The standard InChI is InChI=1S/C20H20F3NO3/c1-24(13-15-5-4-6-17(26-2)19(15)27-3)18(25)12-9-14-7-10-16(11-8-14)20(21,22)23/h4-12H,13H2,1-3H3/b12-9+. The molecule has 2 rings (SSSR count). The third kappa shape index (κ3) is 5.26. The lowest BCUT2D eigenvalue weighted by Crippen LogP contribution is -2.24. The van der Waals surface area contributed by atoms with E-state index in [0.29, 0.717) is 17.1 Å². The van der Waals surface area contributed by atoms with E-state index in [4.69, 9.17) is 9.47 Å². The van der Waals surface area contributed by atoms with E-state index >= 15 is 0 Å². The Morgan fingerprint density at radius 1 is 1.07 bits per heavy atom. The first kappa shape index (κ1) is 20.4. The van der Waals surface area contributed by atoms with Crippen molar-refractivity contribution in [2.45, 2.75) is 12.7 Å². The smallest absolute Gasteiger partial charge is 0.416 e. The molecule has 2 aromatic carbocycles. The lowest BCUT2D eigenvalue weighted by atomic mass is 10.1. The summed E-state index contributed by atoms with van der Waals surface area (Å²) < 4.78 is 48.3. The molecule has 0 saturated heterocycles. The predicted molar refractivity (Wildman–Crippen MR) is 96.5 cm³/mol. The minimum atomic E-state index is -4.38. The van der Waals surface area contributed by atoms with Gasteiger partial charge in [-0.25, -0.2) is 0 Å². The van der Waals surface area contributed by atoms with Crippen LogP contribution in [0.3, 0.4) is 0 Å². The third-order valence-electron chi connectivity index (χ3n) is 3.92. The molecular formula is C20H20F3NO3. The largest absolute Gasteiger partial charge is 0.493 e. The molecular weight excluding hydrogens is 359 g/mol. The van der Waals surface area contributed by atoms with Gasteiger partial charge in [0.15, 0.2) is 11.5 Å². The Balaban J connectivity index is 2.07. The van der Waals surface area contributed by atoms with Crippen LogP contribution in [0.15, 0.2) is 48.5 Å². The van der Waals surface area contributed by atoms with Crippen LogP contribution < -0.4 is 9.47 Å². The fourth-order valence-corrected chi connectivity index (χ4v) is 2.49. The van der Waals surface area contributed by atoms with Gasteiger partial charge in [-0.15, -0.1) is 0 Å². The monoisotopic (exact) mass is 379 g/mol. The van der Waals surface area contributed by atoms with Crippen LogP contribution in [0.1, 0.15) is 16.7 Å². The highest BCUT2D eigenvalue weighted by molar-refractivity contribution is 5.91. The molecule has 27 heavy (non-hydrogen) atoms. The highest BCUT2D eigenvalue weighted by Crippen LogP contribution is 2.31. The number of rotatable bonds is 6. The number of hydrogen-bond donors (Lipinski definition) is 0. The molecule has 0 aliphatic carbocycles. The number of alkyl halides is 3. The van der Waals surface area contributed by atoms with E-state index in [0.717, 1.165) is 17.7 Å². The molecule has 144 valence electrons. The van der Waals surface area contributed by atoms with E-state index < -0.39 is 11.7 Å². The number of halogens is 3. The Hall–Kier alpha value is -2.96. The van der Waals surface area contributed by atoms with Crippen molar-refractivity contribution in [3.8, 4) is 11.5 Å². The number of amides is 1. The topological polar surface area (TPSA) is 38.8 Å². The van der Waals surface area contributed by atoms with Crippen molar-refractivity contribution in [2.75, 3.05) is 21.3 Å². The Bertz CT molecular complexity index is 814. The summed E-state index contributed by atoms with van der Waals surface area (Å²) >= 11 is 0. The van der Waals surface area contributed by atoms with Gasteiger partial charge in [-0.3, -0.25) is 4.79 Å². The number of para-hydroxylation sites is 1. The molecule has 7 heteroatoms. The summed E-state index contributed by atoms with van der Waals surface area (Å²) in [5, 5.41) is 0. The number of carbonyl (C=O) groups is 1. The average Bonchev–Trinajstić information content (AvgIpc) is 2.65. The summed E-state index contributed by atoms with van der Waals surface area (Å²) in [6.07, 6.45) is -1.59. The van der Waals surface area contributed by atoms with Gasteiger partial charge in [0.25, 0.3) is 0 Å². The number of carbonyl (C=O) groups excluding carboxylic acids is 1. The van der Waals surface area contributed by atoms with E-state index in [1.165, 1.54) is 43.4 Å². The van der Waals surface area contributed by atoms with E-state index in [1.807, 2.05) is 6.07 Å². The zero-order valence-electron chi connectivity index (χ0n) is 15.2. The van der Waals surface area contributed by atoms with Crippen molar-refractivity contribution < 1.29 is 27.4 Å². The normalized spacial score (nSPS) is 11.5. The van der Waals surface area contributed by atoms with Crippen LogP contribution in [0.2, 0.25) is 0 Å². The number of hydrogen-bond acceptors (Lipinski definition) is 3. The first-order chi connectivity index (χ1) is 12.8. The van der Waals surface area contributed by atoms with Gasteiger partial charge in [-0.2, -0.15) is 13.2 Å². The van der Waals surface area contributed by atoms with Crippen LogP contribution in [-0.2, 0) is 17.5 Å². The lowest BCUT2D eigenvalue weighted by Gasteiger charge is -2.18. The molecule has 0 atom stereocenters. The molecule has 0 spiro atoms. The molecule has 0 heterocycles. The molecule has 0 aliphatic heterocycles. The second-order valence-corrected chi connectivity index (χ2v) is 5.80. The Kier molecular flexibility index (Phi) is 6.50. The highest BCUT2D eigenvalue weighted by atomic mass is 19.4. The SMILES string of the molecule is COc1cccc(CN(C)C(=O)/C=C/c2ccc(C(F)(F)F)cc2)c1OC. The van der Waals surface area contributed by atoms with Crippen molar-refractivity contribution in [3.05, 3.63) is 65.2 Å². The number of likely N-dealkylation sites (N-methyl/N-ethyl adjacent to an activating group) is 1. The van der Waals surface area contributed by atoms with Gasteiger partial charge < -0.3 is 14.4 Å². The van der Waals surface area contributed by atoms with Gasteiger partial charge in [-0.1, -0.05) is 24.3 Å². The number of methoxy groups -OCH3 is 2. The predicted octanol–water partition coefficient (Wildman–Crippen LogP) is 4.39. The Labute approximate surface area is 155 Å². The maximum atomic E-state index is 12.6. The summed E-state index contributed by atoms with van der Waals surface area (Å²) in [7, 11) is 4.68. The van der Waals surface area contributed by atoms with Gasteiger partial charge in [0.1, 0.15) is 0 Å². The second-order valence-electron chi connectivity index (χ2n) is 5.80. The average molecular weight is 379 g/mol. The van der Waals surface area contributed by atoms with Gasteiger partial charge in [0.2, 0.25) is 5.91 Å². The van der Waals surface area contributed by atoms with Crippen LogP contribution in [0.5, 0.6) is 11.5 Å². The minimum Gasteiger partial charge on any atom is -0.493 e. The first-order valence-electron chi connectivity index (χ1n) is 8.06. The van der Waals surface area contributed by atoms with Crippen molar-refractivity contribution in [3.63, 3.8) is 0 Å². The van der Waals surface area contributed by atoms with E-state index in [1.54, 1.807) is 19.2 Å². The molecule has 1 amide bonds. The first-order valence-corrected chi connectivity index (χ1v) is 8.06. The van der Waals surface area contributed by atoms with Crippen molar-refractivity contribution in [1.82, 2.24) is 4.90 Å². The molecule has 0 saturated carbocycles. The molecule has 2 aromatic rings. The van der Waals surface area contributed by atoms with Crippen LogP contribution in [0, 0.1) is 0 Å². The molecule has 0 aliphatic rings. The number of nitrogens with zero attached hydrogens (tertiary/aromatic N) is 1. The van der Waals surface area contributed by atoms with E-state index in [9.17, 15) is 18.0 Å². The maximum absolute atomic E-state index is 12.6. The summed E-state index contributed by atoms with van der Waals surface area (Å²) in [6, 6.07) is 9.98. The molecule has 0 unspecified atom stereocenters. The van der Waals surface area contributed by atoms with Crippen molar-refractivity contribution in [2.24, 2.45) is 0 Å². The Morgan fingerprint density at radius 2 is 1.74 bits per heavy atom. The molecule has 4 nitrogen and oxygen atoms in total. The van der Waals surface area contributed by atoms with Gasteiger partial charge in [-0.05, 0) is 29.8 Å². The molecule has 0 bridgehead atoms. The minimum absolute atomic E-state index is 0.288. The Morgan fingerprint density at radius 3 is 2.30 bits per heavy atom. The van der Waals surface area contributed by atoms with E-state index in [-0.39, 0.29) is 12.5 Å². The maximum Gasteiger partial charge on any atom is 0.416 e. The summed E-state index contributed by atoms with van der Waals surface area (Å²) in [6.45, 7) is 0.288. The zero-order valence-corrected chi connectivity index (χ0v) is 15.2. The lowest BCUT2D eigenvalue weighted by molar-refractivity contribution is -0.137. The van der Waals surface area contributed by atoms with Crippen LogP contribution in [-0.4, -0.2) is 32.1 Å². The fraction of sp³-hybridized carbons (Fsp3) is 0.250. The van der Waals surface area contributed by atoms with Gasteiger partial charge in [0, 0.05) is 25.2 Å². The summed E-state index contributed by atoms with van der Waals surface area (Å²) in [5.41, 5.74) is 0.549.